The van der Waals surface area contributed by atoms with Crippen molar-refractivity contribution in [3.8, 4) is 5.75 Å². The summed E-state index contributed by atoms with van der Waals surface area (Å²) in [7, 11) is 3.64. The first-order valence-corrected chi connectivity index (χ1v) is 6.46. The highest BCUT2D eigenvalue weighted by atomic mass is 16.5. The van der Waals surface area contributed by atoms with Crippen LogP contribution in [-0.2, 0) is 0 Å². The number of nitrogens with zero attached hydrogens (tertiary/aromatic N) is 2. The van der Waals surface area contributed by atoms with Gasteiger partial charge in [-0.15, -0.1) is 0 Å². The van der Waals surface area contributed by atoms with Crippen LogP contribution in [0.3, 0.4) is 0 Å². The fourth-order valence-electron chi connectivity index (χ4n) is 2.26. The molecule has 5 nitrogen and oxygen atoms in total. The Hall–Kier alpha value is -1.75. The minimum atomic E-state index is 0.0400. The van der Waals surface area contributed by atoms with Crippen molar-refractivity contribution in [1.82, 2.24) is 9.80 Å². The van der Waals surface area contributed by atoms with Crippen molar-refractivity contribution < 1.29 is 9.53 Å². The van der Waals surface area contributed by atoms with Crippen LogP contribution < -0.4 is 10.5 Å². The first kappa shape index (κ1) is 13.7. The lowest BCUT2D eigenvalue weighted by atomic mass is 10.1. The Morgan fingerprint density at radius 2 is 2.16 bits per heavy atom. The first-order valence-electron chi connectivity index (χ1n) is 6.46. The largest absolute Gasteiger partial charge is 0.495 e. The Morgan fingerprint density at radius 3 is 2.79 bits per heavy atom. The number of ether oxygens (including phenoxy) is 1. The summed E-state index contributed by atoms with van der Waals surface area (Å²) in [5, 5.41) is 0. The van der Waals surface area contributed by atoms with Gasteiger partial charge in [-0.05, 0) is 32.2 Å². The first-order chi connectivity index (χ1) is 9.02. The van der Waals surface area contributed by atoms with E-state index in [9.17, 15) is 4.79 Å². The zero-order valence-electron chi connectivity index (χ0n) is 11.7. The number of likely N-dealkylation sites (N-methyl/N-ethyl adjacent to an activating group) is 1. The lowest BCUT2D eigenvalue weighted by Crippen LogP contribution is -2.52. The summed E-state index contributed by atoms with van der Waals surface area (Å²) < 4.78 is 5.16. The quantitative estimate of drug-likeness (QED) is 0.810. The number of anilines is 1. The van der Waals surface area contributed by atoms with Crippen LogP contribution in [0.15, 0.2) is 18.2 Å². The van der Waals surface area contributed by atoms with E-state index < -0.39 is 0 Å². The number of piperazine rings is 1. The van der Waals surface area contributed by atoms with Gasteiger partial charge in [0, 0.05) is 31.2 Å². The maximum Gasteiger partial charge on any atom is 0.254 e. The number of hydrogen-bond acceptors (Lipinski definition) is 4. The molecule has 2 rings (SSSR count). The van der Waals surface area contributed by atoms with Gasteiger partial charge in [-0.1, -0.05) is 0 Å². The van der Waals surface area contributed by atoms with Crippen molar-refractivity contribution in [2.75, 3.05) is 39.5 Å². The van der Waals surface area contributed by atoms with Gasteiger partial charge < -0.3 is 20.3 Å². The summed E-state index contributed by atoms with van der Waals surface area (Å²) in [4.78, 5) is 16.6. The second kappa shape index (κ2) is 5.48. The molecule has 1 amide bonds. The second-order valence-electron chi connectivity index (χ2n) is 5.04. The Labute approximate surface area is 113 Å². The summed E-state index contributed by atoms with van der Waals surface area (Å²) in [6.07, 6.45) is 0. The smallest absolute Gasteiger partial charge is 0.254 e. The van der Waals surface area contributed by atoms with E-state index in [1.165, 1.54) is 0 Å². The fourth-order valence-corrected chi connectivity index (χ4v) is 2.26. The van der Waals surface area contributed by atoms with E-state index in [0.717, 1.165) is 19.6 Å². The highest BCUT2D eigenvalue weighted by molar-refractivity contribution is 5.95. The molecule has 0 aliphatic carbocycles. The molecule has 1 fully saturated rings. The van der Waals surface area contributed by atoms with Crippen LogP contribution in [0, 0.1) is 0 Å². The van der Waals surface area contributed by atoms with E-state index in [2.05, 4.69) is 18.9 Å². The summed E-state index contributed by atoms with van der Waals surface area (Å²) in [5.41, 5.74) is 6.94. The van der Waals surface area contributed by atoms with Crippen molar-refractivity contribution in [2.45, 2.75) is 13.0 Å². The molecular formula is C14H21N3O2. The summed E-state index contributed by atoms with van der Waals surface area (Å²) in [6.45, 7) is 4.54. The number of rotatable bonds is 2. The predicted octanol–water partition coefficient (Wildman–Crippen LogP) is 1.05. The van der Waals surface area contributed by atoms with Crippen LogP contribution in [0.25, 0.3) is 0 Å². The average molecular weight is 263 g/mol. The van der Waals surface area contributed by atoms with E-state index in [4.69, 9.17) is 10.5 Å². The fraction of sp³-hybridized carbons (Fsp3) is 0.500. The molecular weight excluding hydrogens is 242 g/mol. The predicted molar refractivity (Wildman–Crippen MR) is 75.4 cm³/mol. The molecule has 1 atom stereocenters. The van der Waals surface area contributed by atoms with Gasteiger partial charge in [0.1, 0.15) is 5.75 Å². The van der Waals surface area contributed by atoms with Gasteiger partial charge in [-0.2, -0.15) is 0 Å². The van der Waals surface area contributed by atoms with Crippen LogP contribution in [0.1, 0.15) is 17.3 Å². The Bertz CT molecular complexity index is 476. The number of benzene rings is 1. The van der Waals surface area contributed by atoms with Gasteiger partial charge in [0.25, 0.3) is 5.91 Å². The molecule has 1 aromatic carbocycles. The van der Waals surface area contributed by atoms with Crippen LogP contribution in [0.2, 0.25) is 0 Å². The van der Waals surface area contributed by atoms with E-state index in [1.807, 2.05) is 4.90 Å². The molecule has 0 spiro atoms. The number of amides is 1. The van der Waals surface area contributed by atoms with Crippen molar-refractivity contribution in [2.24, 2.45) is 0 Å². The molecule has 0 bridgehead atoms. The third kappa shape index (κ3) is 2.81. The minimum absolute atomic E-state index is 0.0400. The Morgan fingerprint density at radius 1 is 1.42 bits per heavy atom. The lowest BCUT2D eigenvalue weighted by Gasteiger charge is -2.37. The third-order valence-electron chi connectivity index (χ3n) is 3.73. The van der Waals surface area contributed by atoms with E-state index in [1.54, 1.807) is 25.3 Å². The maximum atomic E-state index is 12.4. The lowest BCUT2D eigenvalue weighted by molar-refractivity contribution is 0.0572. The maximum absolute atomic E-state index is 12.4. The van der Waals surface area contributed by atoms with Crippen LogP contribution in [0.4, 0.5) is 5.69 Å². The monoisotopic (exact) mass is 263 g/mol. The molecule has 0 unspecified atom stereocenters. The topological polar surface area (TPSA) is 58.8 Å². The average Bonchev–Trinajstić information content (AvgIpc) is 2.41. The number of hydrogen-bond donors (Lipinski definition) is 1. The number of nitrogens with two attached hydrogens (primary N) is 1. The molecule has 1 aliphatic heterocycles. The van der Waals surface area contributed by atoms with Crippen LogP contribution in [-0.4, -0.2) is 55.5 Å². The molecule has 1 saturated heterocycles. The second-order valence-corrected chi connectivity index (χ2v) is 5.04. The van der Waals surface area contributed by atoms with Crippen molar-refractivity contribution in [1.29, 1.82) is 0 Å². The molecule has 0 radical (unpaired) electrons. The van der Waals surface area contributed by atoms with Gasteiger partial charge >= 0.3 is 0 Å². The van der Waals surface area contributed by atoms with Crippen molar-refractivity contribution in [3.63, 3.8) is 0 Å². The van der Waals surface area contributed by atoms with Gasteiger partial charge in [-0.3, -0.25) is 4.79 Å². The normalized spacial score (nSPS) is 20.4. The Balaban J connectivity index is 2.15. The van der Waals surface area contributed by atoms with Crippen LogP contribution in [0.5, 0.6) is 5.75 Å². The molecule has 104 valence electrons. The van der Waals surface area contributed by atoms with Gasteiger partial charge in [0.15, 0.2) is 0 Å². The van der Waals surface area contributed by atoms with Crippen molar-refractivity contribution >= 4 is 11.6 Å². The number of carbonyl (C=O) groups is 1. The highest BCUT2D eigenvalue weighted by Gasteiger charge is 2.25. The molecule has 1 aliphatic rings. The standard InChI is InChI=1S/C14H21N3O2/c1-10-9-17(7-6-16(10)2)14(18)11-4-5-12(15)13(8-11)19-3/h4-5,8,10H,6-7,9,15H2,1-3H3/t10-/m0/s1. The SMILES string of the molecule is COc1cc(C(=O)N2CCN(C)[C@@H](C)C2)ccc1N. The van der Waals surface area contributed by atoms with E-state index >= 15 is 0 Å². The minimum Gasteiger partial charge on any atom is -0.495 e. The summed E-state index contributed by atoms with van der Waals surface area (Å²) in [5.74, 6) is 0.589. The zero-order valence-corrected chi connectivity index (χ0v) is 11.7. The van der Waals surface area contributed by atoms with E-state index in [0.29, 0.717) is 23.0 Å². The van der Waals surface area contributed by atoms with Crippen molar-refractivity contribution in [3.05, 3.63) is 23.8 Å². The number of carbonyl (C=O) groups excluding carboxylic acids is 1. The highest BCUT2D eigenvalue weighted by Crippen LogP contribution is 2.23. The molecule has 1 heterocycles. The van der Waals surface area contributed by atoms with Crippen LogP contribution >= 0.6 is 0 Å². The Kier molecular flexibility index (Phi) is 3.95. The molecule has 0 saturated carbocycles. The molecule has 5 heteroatoms. The molecule has 19 heavy (non-hydrogen) atoms. The number of nitrogen functional groups attached to an aromatic ring is 1. The molecule has 0 aromatic heterocycles. The number of methoxy groups -OCH3 is 1. The summed E-state index contributed by atoms with van der Waals surface area (Å²) >= 11 is 0. The van der Waals surface area contributed by atoms with Gasteiger partial charge in [-0.25, -0.2) is 0 Å². The van der Waals surface area contributed by atoms with Gasteiger partial charge in [0.05, 0.1) is 12.8 Å². The van der Waals surface area contributed by atoms with Gasteiger partial charge in [0.2, 0.25) is 0 Å². The summed E-state index contributed by atoms with van der Waals surface area (Å²) in [6, 6.07) is 5.56. The molecule has 1 aromatic rings. The third-order valence-corrected chi connectivity index (χ3v) is 3.73. The molecule has 2 N–H and O–H groups in total. The zero-order chi connectivity index (χ0) is 14.0. The van der Waals surface area contributed by atoms with E-state index in [-0.39, 0.29) is 5.91 Å².